The molecule has 0 unspecified atom stereocenters. The third kappa shape index (κ3) is 4.38. The van der Waals surface area contributed by atoms with E-state index >= 15 is 0 Å². The summed E-state index contributed by atoms with van der Waals surface area (Å²) in [6.07, 6.45) is 7.20. The van der Waals surface area contributed by atoms with Crippen LogP contribution < -0.4 is 10.9 Å². The largest absolute Gasteiger partial charge is 0.469 e. The molecule has 2 aliphatic heterocycles. The first-order chi connectivity index (χ1) is 15.6. The maximum atomic E-state index is 12.9. The van der Waals surface area contributed by atoms with E-state index in [4.69, 9.17) is 4.42 Å². The summed E-state index contributed by atoms with van der Waals surface area (Å²) in [4.78, 5) is 39.6. The van der Waals surface area contributed by atoms with Crippen LogP contribution in [0.2, 0.25) is 0 Å². The van der Waals surface area contributed by atoms with Crippen LogP contribution >= 0.6 is 0 Å². The molecule has 2 fully saturated rings. The molecule has 2 bridgehead atoms. The van der Waals surface area contributed by atoms with Crippen LogP contribution in [0.4, 0.5) is 0 Å². The van der Waals surface area contributed by atoms with Crippen molar-refractivity contribution in [2.75, 3.05) is 13.1 Å². The van der Waals surface area contributed by atoms with Crippen LogP contribution in [-0.4, -0.2) is 40.4 Å². The Labute approximate surface area is 187 Å². The van der Waals surface area contributed by atoms with E-state index in [0.29, 0.717) is 31.5 Å². The Hall–Kier alpha value is -2.83. The minimum absolute atomic E-state index is 0.0382. The molecule has 0 aromatic carbocycles. The number of rotatable bonds is 6. The minimum Gasteiger partial charge on any atom is -0.469 e. The molecule has 2 amide bonds. The van der Waals surface area contributed by atoms with E-state index in [0.717, 1.165) is 43.6 Å². The molecule has 7 heteroatoms. The van der Waals surface area contributed by atoms with Gasteiger partial charge in [0.05, 0.1) is 6.26 Å². The first-order valence-corrected chi connectivity index (χ1v) is 11.9. The number of nitrogens with zero attached hydrogens (tertiary/aromatic N) is 2. The van der Waals surface area contributed by atoms with Gasteiger partial charge in [0.2, 0.25) is 11.8 Å². The molecule has 1 N–H and O–H groups in total. The molecule has 4 heterocycles. The van der Waals surface area contributed by atoms with Gasteiger partial charge in [0.1, 0.15) is 5.76 Å². The number of carbonyl (C=O) groups excluding carboxylic acids is 2. The van der Waals surface area contributed by atoms with Crippen LogP contribution in [-0.2, 0) is 22.6 Å². The Bertz CT molecular complexity index is 1030. The summed E-state index contributed by atoms with van der Waals surface area (Å²) in [7, 11) is 0. The van der Waals surface area contributed by atoms with Crippen molar-refractivity contribution in [1.82, 2.24) is 14.8 Å². The molecule has 4 atom stereocenters. The average Bonchev–Trinajstić information content (AvgIpc) is 3.45. The van der Waals surface area contributed by atoms with E-state index in [1.807, 2.05) is 33.7 Å². The second-order valence-corrected chi connectivity index (χ2v) is 9.65. The summed E-state index contributed by atoms with van der Waals surface area (Å²) < 4.78 is 7.34. The summed E-state index contributed by atoms with van der Waals surface area (Å²) in [6, 6.07) is 9.46. The van der Waals surface area contributed by atoms with E-state index < -0.39 is 0 Å². The summed E-state index contributed by atoms with van der Waals surface area (Å²) >= 11 is 0. The van der Waals surface area contributed by atoms with Crippen LogP contribution in [0, 0.1) is 11.8 Å². The Balaban J connectivity index is 1.13. The maximum Gasteiger partial charge on any atom is 0.250 e. The van der Waals surface area contributed by atoms with Crippen LogP contribution in [0.3, 0.4) is 0 Å². The highest BCUT2D eigenvalue weighted by molar-refractivity contribution is 5.84. The van der Waals surface area contributed by atoms with Crippen molar-refractivity contribution in [3.8, 4) is 0 Å². The first-order valence-electron chi connectivity index (χ1n) is 11.9. The molecule has 5 rings (SSSR count). The van der Waals surface area contributed by atoms with Crippen molar-refractivity contribution < 1.29 is 14.0 Å². The van der Waals surface area contributed by atoms with Gasteiger partial charge < -0.3 is 19.2 Å². The number of pyridine rings is 1. The number of hydrogen-bond donors (Lipinski definition) is 1. The predicted octanol–water partition coefficient (Wildman–Crippen LogP) is 2.69. The smallest absolute Gasteiger partial charge is 0.250 e. The lowest BCUT2D eigenvalue weighted by Crippen LogP contribution is -2.49. The Kier molecular flexibility index (Phi) is 5.89. The fourth-order valence-corrected chi connectivity index (χ4v) is 5.92. The van der Waals surface area contributed by atoms with Crippen LogP contribution in [0.1, 0.15) is 55.9 Å². The standard InChI is InChI=1S/C25H31N3O4/c29-23(26-21-6-1-4-18(21)13-20-5-3-11-32-20)9-10-24(30)27-14-17-12-19(16-27)22-7-2-8-25(31)28(22)15-17/h2-3,5,7-8,11,17-19,21H,1,4,6,9-10,12-16H2,(H,26,29)/t17-,18+,19+,21-/m0/s1. The predicted molar refractivity (Wildman–Crippen MR) is 119 cm³/mol. The van der Waals surface area contributed by atoms with E-state index in [1.165, 1.54) is 0 Å². The Morgan fingerprint density at radius 3 is 2.81 bits per heavy atom. The number of hydrogen-bond acceptors (Lipinski definition) is 4. The van der Waals surface area contributed by atoms with Gasteiger partial charge in [-0.3, -0.25) is 14.4 Å². The lowest BCUT2D eigenvalue weighted by molar-refractivity contribution is -0.136. The van der Waals surface area contributed by atoms with Gasteiger partial charge in [-0.05, 0) is 49.3 Å². The summed E-state index contributed by atoms with van der Waals surface area (Å²) in [5.74, 6) is 1.87. The topological polar surface area (TPSA) is 84.5 Å². The highest BCUT2D eigenvalue weighted by atomic mass is 16.3. The van der Waals surface area contributed by atoms with Crippen LogP contribution in [0.15, 0.2) is 45.8 Å². The summed E-state index contributed by atoms with van der Waals surface area (Å²) in [5.41, 5.74) is 1.08. The number of aromatic nitrogens is 1. The van der Waals surface area contributed by atoms with Crippen molar-refractivity contribution in [3.63, 3.8) is 0 Å². The van der Waals surface area contributed by atoms with Crippen molar-refractivity contribution in [3.05, 3.63) is 58.4 Å². The zero-order chi connectivity index (χ0) is 22.1. The monoisotopic (exact) mass is 437 g/mol. The first kappa shape index (κ1) is 21.0. The third-order valence-corrected chi connectivity index (χ3v) is 7.45. The second-order valence-electron chi connectivity index (χ2n) is 9.65. The van der Waals surface area contributed by atoms with Gasteiger partial charge in [-0.15, -0.1) is 0 Å². The van der Waals surface area contributed by atoms with E-state index in [9.17, 15) is 14.4 Å². The highest BCUT2D eigenvalue weighted by Gasteiger charge is 2.36. The van der Waals surface area contributed by atoms with Crippen LogP contribution in [0.5, 0.6) is 0 Å². The van der Waals surface area contributed by atoms with Crippen molar-refractivity contribution >= 4 is 11.8 Å². The average molecular weight is 438 g/mol. The molecule has 3 aliphatic rings. The number of piperidine rings is 1. The zero-order valence-electron chi connectivity index (χ0n) is 18.4. The third-order valence-electron chi connectivity index (χ3n) is 7.45. The van der Waals surface area contributed by atoms with Crippen molar-refractivity contribution in [2.45, 2.75) is 63.5 Å². The number of likely N-dealkylation sites (tertiary alicyclic amines) is 1. The second kappa shape index (κ2) is 8.96. The van der Waals surface area contributed by atoms with Crippen molar-refractivity contribution in [1.29, 1.82) is 0 Å². The summed E-state index contributed by atoms with van der Waals surface area (Å²) in [5, 5.41) is 3.17. The fourth-order valence-electron chi connectivity index (χ4n) is 5.92. The van der Waals surface area contributed by atoms with Gasteiger partial charge in [0.25, 0.3) is 5.56 Å². The van der Waals surface area contributed by atoms with Gasteiger partial charge >= 0.3 is 0 Å². The zero-order valence-corrected chi connectivity index (χ0v) is 18.4. The molecule has 1 aliphatic carbocycles. The molecule has 2 aromatic rings. The maximum absolute atomic E-state index is 12.9. The molecule has 2 aromatic heterocycles. The lowest BCUT2D eigenvalue weighted by Gasteiger charge is -2.42. The molecule has 0 spiro atoms. The van der Waals surface area contributed by atoms with Gasteiger partial charge in [0, 0.05) is 62.6 Å². The summed E-state index contributed by atoms with van der Waals surface area (Å²) in [6.45, 7) is 1.98. The molecule has 1 saturated carbocycles. The normalized spacial score (nSPS) is 26.6. The SMILES string of the molecule is O=C(CCC(=O)N1C[C@@H]2C[C@H](C1)c1cccc(=O)n1C2)N[C@H]1CCC[C@@H]1Cc1ccco1. The minimum atomic E-state index is -0.0382. The van der Waals surface area contributed by atoms with Gasteiger partial charge in [-0.2, -0.15) is 0 Å². The molecule has 32 heavy (non-hydrogen) atoms. The lowest BCUT2D eigenvalue weighted by atomic mass is 9.83. The van der Waals surface area contributed by atoms with E-state index in [-0.39, 0.29) is 42.2 Å². The van der Waals surface area contributed by atoms with Crippen LogP contribution in [0.25, 0.3) is 0 Å². The molecular weight excluding hydrogens is 406 g/mol. The van der Waals surface area contributed by atoms with Crippen molar-refractivity contribution in [2.24, 2.45) is 11.8 Å². The molecular formula is C25H31N3O4. The van der Waals surface area contributed by atoms with E-state index in [2.05, 4.69) is 5.32 Å². The molecule has 1 saturated heterocycles. The molecule has 7 nitrogen and oxygen atoms in total. The fraction of sp³-hybridized carbons (Fsp3) is 0.560. The number of amides is 2. The van der Waals surface area contributed by atoms with Gasteiger partial charge in [-0.25, -0.2) is 0 Å². The number of fused-ring (bicyclic) bond motifs is 4. The number of furan rings is 1. The Morgan fingerprint density at radius 1 is 1.06 bits per heavy atom. The van der Waals surface area contributed by atoms with Gasteiger partial charge in [0.15, 0.2) is 0 Å². The quantitative estimate of drug-likeness (QED) is 0.753. The highest BCUT2D eigenvalue weighted by Crippen LogP contribution is 2.35. The van der Waals surface area contributed by atoms with E-state index in [1.54, 1.807) is 12.3 Å². The number of nitrogens with one attached hydrogen (secondary N) is 1. The van der Waals surface area contributed by atoms with Gasteiger partial charge in [-0.1, -0.05) is 12.5 Å². The molecule has 170 valence electrons. The number of carbonyl (C=O) groups is 2. The Morgan fingerprint density at radius 2 is 1.97 bits per heavy atom. The molecule has 0 radical (unpaired) electrons.